The van der Waals surface area contributed by atoms with Gasteiger partial charge < -0.3 is 14.8 Å². The van der Waals surface area contributed by atoms with E-state index in [-0.39, 0.29) is 21.2 Å². The molecule has 0 aromatic heterocycles. The first-order valence-corrected chi connectivity index (χ1v) is 10.9. The average Bonchev–Trinajstić information content (AvgIpc) is 2.75. The van der Waals surface area contributed by atoms with Crippen LogP contribution in [0.2, 0.25) is 5.02 Å². The zero-order valence-electron chi connectivity index (χ0n) is 15.6. The normalized spacial score (nSPS) is 12.8. The van der Waals surface area contributed by atoms with Crippen molar-refractivity contribution in [3.63, 3.8) is 0 Å². The molecule has 3 aromatic carbocycles. The number of ether oxygens (including phenoxy) is 2. The Morgan fingerprint density at radius 2 is 1.57 bits per heavy atom. The van der Waals surface area contributed by atoms with Gasteiger partial charge in [-0.05, 0) is 42.5 Å². The number of rotatable bonds is 5. The molecule has 0 unspecified atom stereocenters. The maximum absolute atomic E-state index is 12.7. The number of amides is 1. The molecule has 3 aromatic rings. The van der Waals surface area contributed by atoms with Crippen molar-refractivity contribution in [1.82, 2.24) is 0 Å². The molecule has 0 bridgehead atoms. The second kappa shape index (κ2) is 8.25. The van der Waals surface area contributed by atoms with Gasteiger partial charge in [0, 0.05) is 17.4 Å². The van der Waals surface area contributed by atoms with Crippen molar-refractivity contribution in [3.05, 3.63) is 77.3 Å². The maximum Gasteiger partial charge on any atom is 0.261 e. The van der Waals surface area contributed by atoms with E-state index in [1.807, 2.05) is 0 Å². The van der Waals surface area contributed by atoms with Crippen LogP contribution in [0.3, 0.4) is 0 Å². The van der Waals surface area contributed by atoms with Crippen molar-refractivity contribution in [3.8, 4) is 11.5 Å². The fraction of sp³-hybridized carbons (Fsp3) is 0.0952. The minimum absolute atomic E-state index is 0.113. The van der Waals surface area contributed by atoms with Gasteiger partial charge in [0.05, 0.1) is 15.5 Å². The summed E-state index contributed by atoms with van der Waals surface area (Å²) >= 11 is 6.18. The van der Waals surface area contributed by atoms with Gasteiger partial charge in [-0.15, -0.1) is 0 Å². The first kappa shape index (κ1) is 20.1. The fourth-order valence-corrected chi connectivity index (χ4v) is 4.17. The van der Waals surface area contributed by atoms with E-state index in [2.05, 4.69) is 10.0 Å². The number of carbonyl (C=O) groups excluding carboxylic acids is 1. The van der Waals surface area contributed by atoms with Crippen LogP contribution >= 0.6 is 11.6 Å². The second-order valence-corrected chi connectivity index (χ2v) is 8.52. The molecule has 0 atom stereocenters. The van der Waals surface area contributed by atoms with Crippen molar-refractivity contribution in [1.29, 1.82) is 0 Å². The van der Waals surface area contributed by atoms with Gasteiger partial charge in [0.2, 0.25) is 0 Å². The number of fused-ring (bicyclic) bond motifs is 1. The molecule has 1 heterocycles. The molecule has 0 saturated heterocycles. The highest BCUT2D eigenvalue weighted by atomic mass is 35.5. The number of hydrogen-bond donors (Lipinski definition) is 2. The van der Waals surface area contributed by atoms with Crippen LogP contribution in [0.5, 0.6) is 11.5 Å². The van der Waals surface area contributed by atoms with Gasteiger partial charge in [0.15, 0.2) is 11.5 Å². The third kappa shape index (κ3) is 4.34. The summed E-state index contributed by atoms with van der Waals surface area (Å²) in [5.41, 5.74) is 0.839. The molecule has 2 N–H and O–H groups in total. The van der Waals surface area contributed by atoms with Crippen molar-refractivity contribution in [2.24, 2.45) is 0 Å². The van der Waals surface area contributed by atoms with Crippen LogP contribution in [-0.4, -0.2) is 27.5 Å². The summed E-state index contributed by atoms with van der Waals surface area (Å²) in [6.07, 6.45) is 0. The van der Waals surface area contributed by atoms with E-state index in [1.54, 1.807) is 36.4 Å². The standard InChI is InChI=1S/C21H17ClN2O5S/c22-18-8-6-15(24-30(26,27)16-4-2-1-3-5-16)12-17(18)21(25)23-14-7-9-19-20(13-14)29-11-10-28-19/h1-9,12-13,24H,10-11H2,(H,23,25). The van der Waals surface area contributed by atoms with E-state index in [4.69, 9.17) is 21.1 Å². The van der Waals surface area contributed by atoms with Gasteiger partial charge in [0.1, 0.15) is 13.2 Å². The van der Waals surface area contributed by atoms with Crippen molar-refractivity contribution >= 4 is 38.9 Å². The van der Waals surface area contributed by atoms with Gasteiger partial charge in [-0.1, -0.05) is 29.8 Å². The number of benzene rings is 3. The molecule has 30 heavy (non-hydrogen) atoms. The fourth-order valence-electron chi connectivity index (χ4n) is 2.90. The minimum Gasteiger partial charge on any atom is -0.486 e. The molecule has 0 fully saturated rings. The van der Waals surface area contributed by atoms with Gasteiger partial charge in [-0.25, -0.2) is 8.42 Å². The molecule has 4 rings (SSSR count). The molecule has 0 spiro atoms. The molecular formula is C21H17ClN2O5S. The SMILES string of the molecule is O=C(Nc1ccc2c(c1)OCCO2)c1cc(NS(=O)(=O)c2ccccc2)ccc1Cl. The summed E-state index contributed by atoms with van der Waals surface area (Å²) in [5, 5.41) is 2.92. The maximum atomic E-state index is 12.7. The van der Waals surface area contributed by atoms with Crippen LogP contribution < -0.4 is 19.5 Å². The highest BCUT2D eigenvalue weighted by molar-refractivity contribution is 7.92. The van der Waals surface area contributed by atoms with Crippen LogP contribution in [0.15, 0.2) is 71.6 Å². The zero-order chi connectivity index (χ0) is 21.1. The van der Waals surface area contributed by atoms with E-state index >= 15 is 0 Å². The van der Waals surface area contributed by atoms with E-state index in [0.29, 0.717) is 30.4 Å². The van der Waals surface area contributed by atoms with E-state index < -0.39 is 15.9 Å². The summed E-state index contributed by atoms with van der Waals surface area (Å²) in [7, 11) is -3.79. The molecule has 9 heteroatoms. The number of sulfonamides is 1. The highest BCUT2D eigenvalue weighted by Gasteiger charge is 2.18. The highest BCUT2D eigenvalue weighted by Crippen LogP contribution is 2.33. The number of carbonyl (C=O) groups is 1. The predicted octanol–water partition coefficient (Wildman–Crippen LogP) is 4.16. The molecule has 1 amide bonds. The molecular weight excluding hydrogens is 428 g/mol. The number of halogens is 1. The monoisotopic (exact) mass is 444 g/mol. The number of anilines is 2. The summed E-state index contributed by atoms with van der Waals surface area (Å²) in [6, 6.07) is 17.3. The lowest BCUT2D eigenvalue weighted by atomic mass is 10.1. The third-order valence-electron chi connectivity index (χ3n) is 4.32. The smallest absolute Gasteiger partial charge is 0.261 e. The molecule has 7 nitrogen and oxygen atoms in total. The Kier molecular flexibility index (Phi) is 5.52. The van der Waals surface area contributed by atoms with Crippen LogP contribution in [0, 0.1) is 0 Å². The Bertz CT molecular complexity index is 1200. The van der Waals surface area contributed by atoms with E-state index in [9.17, 15) is 13.2 Å². The predicted molar refractivity (Wildman–Crippen MR) is 114 cm³/mol. The Labute approximate surface area is 178 Å². The Morgan fingerprint density at radius 3 is 2.33 bits per heavy atom. The van der Waals surface area contributed by atoms with Gasteiger partial charge >= 0.3 is 0 Å². The minimum atomic E-state index is -3.79. The summed E-state index contributed by atoms with van der Waals surface area (Å²) in [6.45, 7) is 0.903. The molecule has 0 radical (unpaired) electrons. The van der Waals surface area contributed by atoms with E-state index in [0.717, 1.165) is 0 Å². The molecule has 1 aliphatic rings. The molecule has 0 aliphatic carbocycles. The largest absolute Gasteiger partial charge is 0.486 e. The summed E-state index contributed by atoms with van der Waals surface area (Å²) in [5.74, 6) is 0.654. The average molecular weight is 445 g/mol. The van der Waals surface area contributed by atoms with Crippen LogP contribution in [0.4, 0.5) is 11.4 Å². The van der Waals surface area contributed by atoms with Gasteiger partial charge in [0.25, 0.3) is 15.9 Å². The first-order chi connectivity index (χ1) is 14.4. The Balaban J connectivity index is 1.55. The summed E-state index contributed by atoms with van der Waals surface area (Å²) < 4.78 is 38.5. The summed E-state index contributed by atoms with van der Waals surface area (Å²) in [4.78, 5) is 12.9. The lowest BCUT2D eigenvalue weighted by Crippen LogP contribution is -2.17. The van der Waals surface area contributed by atoms with Crippen molar-refractivity contribution in [2.75, 3.05) is 23.3 Å². The molecule has 154 valence electrons. The van der Waals surface area contributed by atoms with Crippen LogP contribution in [0.1, 0.15) is 10.4 Å². The molecule has 1 aliphatic heterocycles. The van der Waals surface area contributed by atoms with E-state index in [1.165, 1.54) is 30.3 Å². The van der Waals surface area contributed by atoms with Crippen molar-refractivity contribution in [2.45, 2.75) is 4.90 Å². The third-order valence-corrected chi connectivity index (χ3v) is 6.04. The number of hydrogen-bond acceptors (Lipinski definition) is 5. The first-order valence-electron chi connectivity index (χ1n) is 9.01. The van der Waals surface area contributed by atoms with Gasteiger partial charge in [-0.3, -0.25) is 9.52 Å². The second-order valence-electron chi connectivity index (χ2n) is 6.43. The quantitative estimate of drug-likeness (QED) is 0.616. The van der Waals surface area contributed by atoms with Gasteiger partial charge in [-0.2, -0.15) is 0 Å². The lowest BCUT2D eigenvalue weighted by molar-refractivity contribution is 0.102. The lowest BCUT2D eigenvalue weighted by Gasteiger charge is -2.19. The van der Waals surface area contributed by atoms with Crippen molar-refractivity contribution < 1.29 is 22.7 Å². The Morgan fingerprint density at radius 1 is 0.867 bits per heavy atom. The molecule has 0 saturated carbocycles. The zero-order valence-corrected chi connectivity index (χ0v) is 17.2. The number of nitrogens with one attached hydrogen (secondary N) is 2. The Hall–Kier alpha value is -3.23. The van der Waals surface area contributed by atoms with Crippen LogP contribution in [0.25, 0.3) is 0 Å². The topological polar surface area (TPSA) is 93.7 Å². The van der Waals surface area contributed by atoms with Crippen LogP contribution in [-0.2, 0) is 10.0 Å².